The second kappa shape index (κ2) is 6.94. The van der Waals surface area contributed by atoms with Crippen molar-refractivity contribution in [2.24, 2.45) is 11.7 Å². The lowest BCUT2D eigenvalue weighted by Gasteiger charge is -2.33. The quantitative estimate of drug-likeness (QED) is 0.846. The highest BCUT2D eigenvalue weighted by Crippen LogP contribution is 2.24. The topological polar surface area (TPSA) is 64.3 Å². The maximum Gasteiger partial charge on any atom is 0.258 e. The summed E-state index contributed by atoms with van der Waals surface area (Å²) in [4.78, 5) is 12.1. The summed E-state index contributed by atoms with van der Waals surface area (Å²) in [6.45, 7) is 12.5. The highest BCUT2D eigenvalue weighted by atomic mass is 16.5. The molecule has 0 fully saturated rings. The standard InChI is InChI=1S/C17H28N2O2/c1-11(2)17(6,10-18)19-15(20)9-21-16-13(4)7-12(3)8-14(16)5/h7-8,11H,9-10,18H2,1-6H3,(H,19,20). The molecule has 0 saturated carbocycles. The summed E-state index contributed by atoms with van der Waals surface area (Å²) in [5, 5.41) is 2.97. The molecule has 0 bridgehead atoms. The Kier molecular flexibility index (Phi) is 5.78. The molecule has 3 N–H and O–H groups in total. The van der Waals surface area contributed by atoms with E-state index in [1.165, 1.54) is 5.56 Å². The van der Waals surface area contributed by atoms with Gasteiger partial charge in [0.2, 0.25) is 0 Å². The highest BCUT2D eigenvalue weighted by molar-refractivity contribution is 5.78. The van der Waals surface area contributed by atoms with Crippen molar-refractivity contribution in [3.05, 3.63) is 28.8 Å². The first kappa shape index (κ1) is 17.5. The van der Waals surface area contributed by atoms with Crippen LogP contribution in [-0.2, 0) is 4.79 Å². The van der Waals surface area contributed by atoms with Gasteiger partial charge >= 0.3 is 0 Å². The van der Waals surface area contributed by atoms with Crippen LogP contribution in [0.3, 0.4) is 0 Å². The van der Waals surface area contributed by atoms with Crippen molar-refractivity contribution < 1.29 is 9.53 Å². The third-order valence-corrected chi connectivity index (χ3v) is 4.08. The van der Waals surface area contributed by atoms with Gasteiger partial charge in [-0.3, -0.25) is 4.79 Å². The third kappa shape index (κ3) is 4.46. The van der Waals surface area contributed by atoms with E-state index in [0.717, 1.165) is 16.9 Å². The van der Waals surface area contributed by atoms with E-state index in [1.54, 1.807) is 0 Å². The Bertz CT molecular complexity index is 489. The Morgan fingerprint density at radius 1 is 1.29 bits per heavy atom. The predicted molar refractivity (Wildman–Crippen MR) is 86.6 cm³/mol. The lowest BCUT2D eigenvalue weighted by atomic mass is 9.88. The van der Waals surface area contributed by atoms with Gasteiger partial charge in [-0.15, -0.1) is 0 Å². The number of nitrogens with two attached hydrogens (primary N) is 1. The van der Waals surface area contributed by atoms with Gasteiger partial charge in [-0.25, -0.2) is 0 Å². The minimum Gasteiger partial charge on any atom is -0.483 e. The first-order valence-electron chi connectivity index (χ1n) is 7.41. The minimum atomic E-state index is -0.405. The number of carbonyl (C=O) groups excluding carboxylic acids is 1. The summed E-state index contributed by atoms with van der Waals surface area (Å²) in [7, 11) is 0. The van der Waals surface area contributed by atoms with Gasteiger partial charge in [0.15, 0.2) is 6.61 Å². The van der Waals surface area contributed by atoms with Crippen molar-refractivity contribution in [2.45, 2.75) is 47.1 Å². The molecule has 0 heterocycles. The number of hydrogen-bond acceptors (Lipinski definition) is 3. The Morgan fingerprint density at radius 3 is 2.24 bits per heavy atom. The van der Waals surface area contributed by atoms with Crippen molar-refractivity contribution in [1.29, 1.82) is 0 Å². The number of amides is 1. The van der Waals surface area contributed by atoms with E-state index in [2.05, 4.69) is 17.4 Å². The van der Waals surface area contributed by atoms with Gasteiger partial charge in [0.25, 0.3) is 5.91 Å². The van der Waals surface area contributed by atoms with E-state index in [0.29, 0.717) is 6.54 Å². The van der Waals surface area contributed by atoms with E-state index in [1.807, 2.05) is 41.5 Å². The number of carbonyl (C=O) groups is 1. The van der Waals surface area contributed by atoms with E-state index >= 15 is 0 Å². The van der Waals surface area contributed by atoms with E-state index < -0.39 is 5.54 Å². The fourth-order valence-electron chi connectivity index (χ4n) is 2.32. The van der Waals surface area contributed by atoms with Gasteiger partial charge in [0.05, 0.1) is 5.54 Å². The molecule has 1 rings (SSSR count). The van der Waals surface area contributed by atoms with Crippen LogP contribution >= 0.6 is 0 Å². The Hall–Kier alpha value is -1.55. The Labute approximate surface area is 128 Å². The number of aryl methyl sites for hydroxylation is 3. The first-order valence-corrected chi connectivity index (χ1v) is 7.41. The molecule has 4 heteroatoms. The highest BCUT2D eigenvalue weighted by Gasteiger charge is 2.28. The first-order chi connectivity index (χ1) is 9.69. The molecule has 1 amide bonds. The lowest BCUT2D eigenvalue weighted by Crippen LogP contribution is -2.56. The molecular formula is C17H28N2O2. The largest absolute Gasteiger partial charge is 0.483 e. The lowest BCUT2D eigenvalue weighted by molar-refractivity contribution is -0.125. The van der Waals surface area contributed by atoms with Crippen LogP contribution in [0.1, 0.15) is 37.5 Å². The third-order valence-electron chi connectivity index (χ3n) is 4.08. The van der Waals surface area contributed by atoms with Crippen molar-refractivity contribution in [2.75, 3.05) is 13.2 Å². The SMILES string of the molecule is Cc1cc(C)c(OCC(=O)NC(C)(CN)C(C)C)c(C)c1. The maximum absolute atomic E-state index is 12.1. The zero-order chi connectivity index (χ0) is 16.2. The molecule has 1 aromatic carbocycles. The van der Waals surface area contributed by atoms with Gasteiger partial charge in [-0.2, -0.15) is 0 Å². The number of nitrogens with one attached hydrogen (secondary N) is 1. The van der Waals surface area contributed by atoms with Crippen LogP contribution in [0.2, 0.25) is 0 Å². The molecule has 0 saturated heterocycles. The average molecular weight is 292 g/mol. The van der Waals surface area contributed by atoms with Crippen LogP contribution in [0, 0.1) is 26.7 Å². The molecule has 4 nitrogen and oxygen atoms in total. The second-order valence-electron chi connectivity index (χ2n) is 6.34. The van der Waals surface area contributed by atoms with Gasteiger partial charge in [-0.1, -0.05) is 31.5 Å². The molecular weight excluding hydrogens is 264 g/mol. The van der Waals surface area contributed by atoms with E-state index in [4.69, 9.17) is 10.5 Å². The van der Waals surface area contributed by atoms with Gasteiger partial charge in [-0.05, 0) is 44.7 Å². The van der Waals surface area contributed by atoms with E-state index in [9.17, 15) is 4.79 Å². The van der Waals surface area contributed by atoms with Crippen molar-refractivity contribution in [1.82, 2.24) is 5.32 Å². The fourth-order valence-corrected chi connectivity index (χ4v) is 2.32. The van der Waals surface area contributed by atoms with Crippen molar-refractivity contribution in [3.63, 3.8) is 0 Å². The van der Waals surface area contributed by atoms with Crippen LogP contribution in [-0.4, -0.2) is 24.6 Å². The molecule has 0 radical (unpaired) electrons. The van der Waals surface area contributed by atoms with Gasteiger partial charge < -0.3 is 15.8 Å². The van der Waals surface area contributed by atoms with Crippen LogP contribution in [0.4, 0.5) is 0 Å². The van der Waals surface area contributed by atoms with Crippen LogP contribution < -0.4 is 15.8 Å². The normalized spacial score (nSPS) is 13.9. The molecule has 1 aromatic rings. The van der Waals surface area contributed by atoms with Gasteiger partial charge in [0.1, 0.15) is 5.75 Å². The molecule has 0 aliphatic carbocycles. The van der Waals surface area contributed by atoms with Crippen molar-refractivity contribution >= 4 is 5.91 Å². The zero-order valence-electron chi connectivity index (χ0n) is 14.0. The summed E-state index contributed by atoms with van der Waals surface area (Å²) >= 11 is 0. The molecule has 1 atom stereocenters. The fraction of sp³-hybridized carbons (Fsp3) is 0.588. The monoisotopic (exact) mass is 292 g/mol. The predicted octanol–water partition coefficient (Wildman–Crippen LogP) is 2.48. The zero-order valence-corrected chi connectivity index (χ0v) is 14.0. The smallest absolute Gasteiger partial charge is 0.258 e. The second-order valence-corrected chi connectivity index (χ2v) is 6.34. The average Bonchev–Trinajstić information content (AvgIpc) is 2.36. The number of benzene rings is 1. The number of ether oxygens (including phenoxy) is 1. The Balaban J connectivity index is 2.70. The molecule has 118 valence electrons. The summed E-state index contributed by atoms with van der Waals surface area (Å²) in [6.07, 6.45) is 0. The molecule has 21 heavy (non-hydrogen) atoms. The van der Waals surface area contributed by atoms with Crippen LogP contribution in [0.5, 0.6) is 5.75 Å². The molecule has 1 unspecified atom stereocenters. The molecule has 0 aromatic heterocycles. The summed E-state index contributed by atoms with van der Waals surface area (Å²) in [5.74, 6) is 0.903. The van der Waals surface area contributed by atoms with Crippen LogP contribution in [0.25, 0.3) is 0 Å². The number of hydrogen-bond donors (Lipinski definition) is 2. The molecule has 0 aliphatic heterocycles. The maximum atomic E-state index is 12.1. The Morgan fingerprint density at radius 2 is 1.81 bits per heavy atom. The summed E-state index contributed by atoms with van der Waals surface area (Å²) in [5.41, 5.74) is 8.65. The summed E-state index contributed by atoms with van der Waals surface area (Å²) in [6, 6.07) is 4.11. The molecule has 0 aliphatic rings. The van der Waals surface area contributed by atoms with Gasteiger partial charge in [0, 0.05) is 6.54 Å². The number of rotatable bonds is 6. The van der Waals surface area contributed by atoms with Crippen LogP contribution in [0.15, 0.2) is 12.1 Å². The van der Waals surface area contributed by atoms with Crippen molar-refractivity contribution in [3.8, 4) is 5.75 Å². The summed E-state index contributed by atoms with van der Waals surface area (Å²) < 4.78 is 5.70. The molecule has 0 spiro atoms. The minimum absolute atomic E-state index is 0.00699. The van der Waals surface area contributed by atoms with E-state index in [-0.39, 0.29) is 18.4 Å².